The van der Waals surface area contributed by atoms with Crippen LogP contribution < -0.4 is 10.2 Å². The Morgan fingerprint density at radius 1 is 1.26 bits per heavy atom. The monoisotopic (exact) mass is 388 g/mol. The van der Waals surface area contributed by atoms with Crippen LogP contribution in [0.5, 0.6) is 0 Å². The molecule has 0 aliphatic carbocycles. The molecule has 27 heavy (non-hydrogen) atoms. The minimum absolute atomic E-state index is 0.0260. The van der Waals surface area contributed by atoms with Crippen LogP contribution in [0.25, 0.3) is 10.2 Å². The molecule has 0 radical (unpaired) electrons. The fourth-order valence-electron chi connectivity index (χ4n) is 3.98. The molecule has 1 atom stereocenters. The molecule has 6 nitrogen and oxygen atoms in total. The molecule has 2 aliphatic rings. The first-order valence-corrected chi connectivity index (χ1v) is 10.8. The van der Waals surface area contributed by atoms with Gasteiger partial charge in [0.05, 0.1) is 16.4 Å². The maximum absolute atomic E-state index is 12.8. The largest absolute Gasteiger partial charge is 0.376 e. The minimum atomic E-state index is -0.0260. The van der Waals surface area contributed by atoms with Crippen molar-refractivity contribution in [3.63, 3.8) is 0 Å². The Labute approximate surface area is 164 Å². The van der Waals surface area contributed by atoms with Crippen molar-refractivity contribution in [2.24, 2.45) is 5.92 Å². The number of hydrogen-bond acceptors (Lipinski definition) is 6. The van der Waals surface area contributed by atoms with Crippen LogP contribution in [0.2, 0.25) is 0 Å². The van der Waals surface area contributed by atoms with E-state index in [2.05, 4.69) is 22.1 Å². The zero-order valence-corrected chi connectivity index (χ0v) is 17.2. The average Bonchev–Trinajstić information content (AvgIpc) is 3.28. The maximum atomic E-state index is 12.8. The third-order valence-electron chi connectivity index (χ3n) is 5.69. The molecule has 1 unspecified atom stereocenters. The summed E-state index contributed by atoms with van der Waals surface area (Å²) in [4.78, 5) is 26.2. The second-order valence-electron chi connectivity index (χ2n) is 7.85. The van der Waals surface area contributed by atoms with Crippen molar-refractivity contribution in [3.8, 4) is 0 Å². The summed E-state index contributed by atoms with van der Waals surface area (Å²) in [7, 11) is 0. The summed E-state index contributed by atoms with van der Waals surface area (Å²) >= 11 is 1.48. The number of ether oxygens (including phenoxy) is 1. The summed E-state index contributed by atoms with van der Waals surface area (Å²) in [6, 6.07) is 0. The van der Waals surface area contributed by atoms with Gasteiger partial charge in [-0.2, -0.15) is 0 Å². The van der Waals surface area contributed by atoms with Crippen molar-refractivity contribution < 1.29 is 9.53 Å². The van der Waals surface area contributed by atoms with E-state index in [1.807, 2.05) is 13.8 Å². The Morgan fingerprint density at radius 2 is 2.04 bits per heavy atom. The van der Waals surface area contributed by atoms with Gasteiger partial charge in [0.15, 0.2) is 0 Å². The Morgan fingerprint density at radius 3 is 2.74 bits per heavy atom. The van der Waals surface area contributed by atoms with Crippen LogP contribution in [0, 0.1) is 19.8 Å². The quantitative estimate of drug-likeness (QED) is 0.869. The number of carbonyl (C=O) groups excluding carboxylic acids is 1. The van der Waals surface area contributed by atoms with E-state index in [4.69, 9.17) is 9.72 Å². The zero-order valence-electron chi connectivity index (χ0n) is 16.4. The lowest BCUT2D eigenvalue weighted by Crippen LogP contribution is -2.33. The molecular weight excluding hydrogens is 360 g/mol. The van der Waals surface area contributed by atoms with Crippen LogP contribution in [0.15, 0.2) is 0 Å². The predicted octanol–water partition coefficient (Wildman–Crippen LogP) is 3.45. The zero-order chi connectivity index (χ0) is 19.0. The van der Waals surface area contributed by atoms with Crippen LogP contribution in [0.1, 0.15) is 53.7 Å². The van der Waals surface area contributed by atoms with Crippen LogP contribution in [0.4, 0.5) is 5.82 Å². The first-order chi connectivity index (χ1) is 13.0. The number of thiophene rings is 1. The number of anilines is 1. The van der Waals surface area contributed by atoms with E-state index in [1.165, 1.54) is 24.2 Å². The van der Waals surface area contributed by atoms with Gasteiger partial charge in [-0.25, -0.2) is 9.97 Å². The van der Waals surface area contributed by atoms with E-state index in [9.17, 15) is 4.79 Å². The third-order valence-corrected chi connectivity index (χ3v) is 6.87. The number of nitrogens with zero attached hydrogens (tertiary/aromatic N) is 3. The Balaban J connectivity index is 1.62. The van der Waals surface area contributed by atoms with Gasteiger partial charge in [-0.1, -0.05) is 6.92 Å². The molecule has 4 rings (SSSR count). The van der Waals surface area contributed by atoms with E-state index in [1.54, 1.807) is 0 Å². The SMILES string of the molecule is Cc1nc(N2CCC(C)CC2)c2c(C)c(C(=O)NCC3CCCO3)sc2n1. The molecule has 2 saturated heterocycles. The van der Waals surface area contributed by atoms with Gasteiger partial charge in [-0.15, -0.1) is 11.3 Å². The van der Waals surface area contributed by atoms with Gasteiger partial charge in [-0.3, -0.25) is 4.79 Å². The number of aryl methyl sites for hydroxylation is 2. The minimum Gasteiger partial charge on any atom is -0.376 e. The maximum Gasteiger partial charge on any atom is 0.261 e. The molecule has 0 saturated carbocycles. The summed E-state index contributed by atoms with van der Waals surface area (Å²) in [6.45, 7) is 9.68. The molecule has 0 spiro atoms. The van der Waals surface area contributed by atoms with Gasteiger partial charge in [0.1, 0.15) is 16.5 Å². The first-order valence-electron chi connectivity index (χ1n) is 9.95. The molecule has 2 fully saturated rings. The molecule has 2 aromatic heterocycles. The lowest BCUT2D eigenvalue weighted by Gasteiger charge is -2.31. The smallest absolute Gasteiger partial charge is 0.261 e. The fraction of sp³-hybridized carbons (Fsp3) is 0.650. The number of rotatable bonds is 4. The number of amides is 1. The summed E-state index contributed by atoms with van der Waals surface area (Å²) in [5, 5.41) is 4.09. The molecule has 146 valence electrons. The molecule has 0 bridgehead atoms. The first kappa shape index (κ1) is 18.6. The summed E-state index contributed by atoms with van der Waals surface area (Å²) in [5.41, 5.74) is 0.994. The molecular formula is C20H28N4O2S. The number of nitrogens with one attached hydrogen (secondary N) is 1. The second kappa shape index (κ2) is 7.72. The van der Waals surface area contributed by atoms with Gasteiger partial charge in [0.25, 0.3) is 5.91 Å². The van der Waals surface area contributed by atoms with Crippen molar-refractivity contribution in [1.29, 1.82) is 0 Å². The van der Waals surface area contributed by atoms with Gasteiger partial charge in [0, 0.05) is 26.2 Å². The molecule has 2 aliphatic heterocycles. The van der Waals surface area contributed by atoms with Crippen molar-refractivity contribution in [2.45, 2.75) is 52.6 Å². The van der Waals surface area contributed by atoms with Gasteiger partial charge in [-0.05, 0) is 51.0 Å². The van der Waals surface area contributed by atoms with Crippen molar-refractivity contribution in [3.05, 3.63) is 16.3 Å². The number of piperidine rings is 1. The number of aromatic nitrogens is 2. The summed E-state index contributed by atoms with van der Waals surface area (Å²) < 4.78 is 5.61. The fourth-order valence-corrected chi connectivity index (χ4v) is 5.12. The van der Waals surface area contributed by atoms with Gasteiger partial charge in [0.2, 0.25) is 0 Å². The summed E-state index contributed by atoms with van der Waals surface area (Å²) in [5.74, 6) is 2.50. The van der Waals surface area contributed by atoms with Gasteiger partial charge >= 0.3 is 0 Å². The van der Waals surface area contributed by atoms with Crippen molar-refractivity contribution >= 4 is 33.3 Å². The molecule has 0 aromatic carbocycles. The van der Waals surface area contributed by atoms with E-state index >= 15 is 0 Å². The van der Waals surface area contributed by atoms with Gasteiger partial charge < -0.3 is 15.0 Å². The molecule has 1 amide bonds. The van der Waals surface area contributed by atoms with Crippen LogP contribution >= 0.6 is 11.3 Å². The molecule has 1 N–H and O–H groups in total. The number of carbonyl (C=O) groups is 1. The van der Waals surface area contributed by atoms with E-state index in [-0.39, 0.29) is 12.0 Å². The predicted molar refractivity (Wildman–Crippen MR) is 109 cm³/mol. The third kappa shape index (κ3) is 3.80. The lowest BCUT2D eigenvalue weighted by atomic mass is 9.99. The van der Waals surface area contributed by atoms with Crippen LogP contribution in [0.3, 0.4) is 0 Å². The molecule has 7 heteroatoms. The Kier molecular flexibility index (Phi) is 5.32. The highest BCUT2D eigenvalue weighted by molar-refractivity contribution is 7.20. The topological polar surface area (TPSA) is 67.4 Å². The van der Waals surface area contributed by atoms with Crippen LogP contribution in [-0.4, -0.2) is 48.2 Å². The highest BCUT2D eigenvalue weighted by Crippen LogP contribution is 2.36. The Hall–Kier alpha value is -1.73. The lowest BCUT2D eigenvalue weighted by molar-refractivity contribution is 0.0860. The van der Waals surface area contributed by atoms with Crippen LogP contribution in [-0.2, 0) is 4.74 Å². The highest BCUT2D eigenvalue weighted by Gasteiger charge is 2.25. The van der Waals surface area contributed by atoms with E-state index < -0.39 is 0 Å². The van der Waals surface area contributed by atoms with Crippen molar-refractivity contribution in [2.75, 3.05) is 31.1 Å². The highest BCUT2D eigenvalue weighted by atomic mass is 32.1. The molecule has 2 aromatic rings. The van der Waals surface area contributed by atoms with E-state index in [0.29, 0.717) is 6.54 Å². The normalized spacial score (nSPS) is 21.1. The van der Waals surface area contributed by atoms with E-state index in [0.717, 1.165) is 70.8 Å². The number of fused-ring (bicyclic) bond motifs is 1. The molecule has 4 heterocycles. The van der Waals surface area contributed by atoms with Crippen molar-refractivity contribution in [1.82, 2.24) is 15.3 Å². The second-order valence-corrected chi connectivity index (χ2v) is 8.84. The number of hydrogen-bond donors (Lipinski definition) is 1. The standard InChI is InChI=1S/C20H28N4O2S/c1-12-6-8-24(9-7-12)18-16-13(2)17(27-20(16)23-14(3)22-18)19(25)21-11-15-5-4-10-26-15/h12,15H,4-11H2,1-3H3,(H,21,25). The summed E-state index contributed by atoms with van der Waals surface area (Å²) in [6.07, 6.45) is 4.62. The Bertz CT molecular complexity index is 836. The average molecular weight is 389 g/mol.